The van der Waals surface area contributed by atoms with E-state index >= 15 is 4.39 Å². The van der Waals surface area contributed by atoms with E-state index in [1.807, 2.05) is 42.5 Å². The molecule has 2 aliphatic heterocycles. The van der Waals surface area contributed by atoms with Crippen LogP contribution in [0.3, 0.4) is 0 Å². The van der Waals surface area contributed by atoms with E-state index in [0.29, 0.717) is 37.0 Å². The highest BCUT2D eigenvalue weighted by Crippen LogP contribution is 2.66. The Morgan fingerprint density at radius 1 is 1.00 bits per heavy atom. The molecule has 214 valence electrons. The third kappa shape index (κ3) is 3.83. The topological polar surface area (TPSA) is 45.2 Å². The summed E-state index contributed by atoms with van der Waals surface area (Å²) >= 11 is 0. The summed E-state index contributed by atoms with van der Waals surface area (Å²) < 4.78 is 30.5. The highest BCUT2D eigenvalue weighted by molar-refractivity contribution is 5.64. The Kier molecular flexibility index (Phi) is 6.00. The molecule has 3 aromatic carbocycles. The molecule has 8 rings (SSSR count). The summed E-state index contributed by atoms with van der Waals surface area (Å²) in [4.78, 5) is 4.61. The molecule has 5 aliphatic rings. The SMILES string of the molecule is CN(Cc1ccccc1)[C@@H]1CC[C@@]2(O)[C@@H]3Cc4ccc(OCc5ccccc5)c5c4[C@@]2([C@@H](F)CN3CC2CC2)[C@H]1O5. The fraction of sp³-hybridized carbons (Fsp3) is 0.486. The van der Waals surface area contributed by atoms with Crippen LogP contribution >= 0.6 is 0 Å². The minimum absolute atomic E-state index is 0.0373. The molecule has 3 aliphatic carbocycles. The summed E-state index contributed by atoms with van der Waals surface area (Å²) in [6.07, 6.45) is 2.75. The molecule has 2 bridgehead atoms. The number of alkyl halides is 1. The zero-order valence-corrected chi connectivity index (χ0v) is 23.7. The maximum atomic E-state index is 17.2. The first-order chi connectivity index (χ1) is 20.0. The molecule has 3 aromatic rings. The van der Waals surface area contributed by atoms with Gasteiger partial charge in [-0.15, -0.1) is 0 Å². The number of likely N-dealkylation sites (N-methyl/N-ethyl adjacent to an activating group) is 1. The van der Waals surface area contributed by atoms with Crippen molar-refractivity contribution in [2.75, 3.05) is 20.1 Å². The van der Waals surface area contributed by atoms with E-state index in [-0.39, 0.29) is 12.1 Å². The molecular weight excluding hydrogens is 515 g/mol. The van der Waals surface area contributed by atoms with Gasteiger partial charge in [-0.1, -0.05) is 66.7 Å². The van der Waals surface area contributed by atoms with Crippen LogP contribution in [0.4, 0.5) is 4.39 Å². The monoisotopic (exact) mass is 554 g/mol. The number of nitrogens with zero attached hydrogens (tertiary/aromatic N) is 2. The van der Waals surface area contributed by atoms with Crippen LogP contribution in [0.2, 0.25) is 0 Å². The number of piperidine rings is 1. The molecular formula is C35H39FN2O3. The Morgan fingerprint density at radius 3 is 2.46 bits per heavy atom. The quantitative estimate of drug-likeness (QED) is 0.411. The van der Waals surface area contributed by atoms with Gasteiger partial charge >= 0.3 is 0 Å². The Bertz CT molecular complexity index is 1430. The number of likely N-dealkylation sites (tertiary alicyclic amines) is 1. The molecule has 0 aromatic heterocycles. The van der Waals surface area contributed by atoms with Gasteiger partial charge in [-0.2, -0.15) is 0 Å². The van der Waals surface area contributed by atoms with Gasteiger partial charge in [0.15, 0.2) is 11.5 Å². The summed E-state index contributed by atoms with van der Waals surface area (Å²) in [6, 6.07) is 24.5. The molecule has 0 unspecified atom stereocenters. The average molecular weight is 555 g/mol. The molecule has 3 fully saturated rings. The molecule has 0 radical (unpaired) electrons. The molecule has 1 saturated heterocycles. The molecule has 6 heteroatoms. The molecule has 1 spiro atoms. The predicted molar refractivity (Wildman–Crippen MR) is 156 cm³/mol. The first kappa shape index (κ1) is 25.8. The molecule has 2 heterocycles. The van der Waals surface area contributed by atoms with E-state index in [9.17, 15) is 5.11 Å². The third-order valence-electron chi connectivity index (χ3n) is 10.8. The van der Waals surface area contributed by atoms with Crippen LogP contribution in [-0.4, -0.2) is 65.0 Å². The van der Waals surface area contributed by atoms with Crippen LogP contribution in [0.25, 0.3) is 0 Å². The van der Waals surface area contributed by atoms with Crippen molar-refractivity contribution in [3.63, 3.8) is 0 Å². The third-order valence-corrected chi connectivity index (χ3v) is 10.8. The molecule has 2 saturated carbocycles. The number of hydrogen-bond donors (Lipinski definition) is 1. The van der Waals surface area contributed by atoms with E-state index in [2.05, 4.69) is 47.2 Å². The van der Waals surface area contributed by atoms with Crippen molar-refractivity contribution in [3.05, 3.63) is 95.1 Å². The first-order valence-electron chi connectivity index (χ1n) is 15.3. The lowest BCUT2D eigenvalue weighted by Crippen LogP contribution is -2.81. The van der Waals surface area contributed by atoms with E-state index in [4.69, 9.17) is 9.47 Å². The summed E-state index contributed by atoms with van der Waals surface area (Å²) in [5, 5.41) is 12.9. The van der Waals surface area contributed by atoms with Gasteiger partial charge in [-0.25, -0.2) is 4.39 Å². The Balaban J connectivity index is 1.22. The van der Waals surface area contributed by atoms with Gasteiger partial charge in [0.05, 0.1) is 5.60 Å². The summed E-state index contributed by atoms with van der Waals surface area (Å²) in [6.45, 7) is 2.39. The maximum absolute atomic E-state index is 17.2. The predicted octanol–water partition coefficient (Wildman–Crippen LogP) is 5.28. The second-order valence-corrected chi connectivity index (χ2v) is 13.1. The Labute approximate surface area is 241 Å². The van der Waals surface area contributed by atoms with Crippen molar-refractivity contribution in [1.29, 1.82) is 0 Å². The Hall–Kier alpha value is -2.93. The number of halogens is 1. The Morgan fingerprint density at radius 2 is 1.73 bits per heavy atom. The van der Waals surface area contributed by atoms with Gasteiger partial charge < -0.3 is 14.6 Å². The summed E-state index contributed by atoms with van der Waals surface area (Å²) in [7, 11) is 2.12. The second-order valence-electron chi connectivity index (χ2n) is 13.1. The van der Waals surface area contributed by atoms with Crippen LogP contribution in [-0.2, 0) is 25.0 Å². The summed E-state index contributed by atoms with van der Waals surface area (Å²) in [5.41, 5.74) is 1.97. The van der Waals surface area contributed by atoms with E-state index in [0.717, 1.165) is 42.6 Å². The van der Waals surface area contributed by atoms with Crippen molar-refractivity contribution in [2.45, 2.75) is 80.6 Å². The van der Waals surface area contributed by atoms with Gasteiger partial charge in [0.1, 0.15) is 24.3 Å². The van der Waals surface area contributed by atoms with Crippen LogP contribution in [0.15, 0.2) is 72.8 Å². The molecule has 41 heavy (non-hydrogen) atoms. The van der Waals surface area contributed by atoms with E-state index in [1.165, 1.54) is 18.4 Å². The van der Waals surface area contributed by atoms with Crippen molar-refractivity contribution in [2.24, 2.45) is 5.92 Å². The smallest absolute Gasteiger partial charge is 0.166 e. The number of benzene rings is 3. The molecule has 6 atom stereocenters. The number of aliphatic hydroxyl groups is 1. The largest absolute Gasteiger partial charge is 0.485 e. The van der Waals surface area contributed by atoms with Crippen LogP contribution in [0.1, 0.15) is 47.9 Å². The van der Waals surface area contributed by atoms with Gasteiger partial charge in [-0.3, -0.25) is 9.80 Å². The molecule has 0 amide bonds. The summed E-state index contributed by atoms with van der Waals surface area (Å²) in [5.74, 6) is 1.93. The van der Waals surface area contributed by atoms with E-state index in [1.54, 1.807) is 0 Å². The van der Waals surface area contributed by atoms with Crippen LogP contribution in [0.5, 0.6) is 11.5 Å². The lowest BCUT2D eigenvalue weighted by atomic mass is 9.47. The highest BCUT2D eigenvalue weighted by atomic mass is 19.1. The van der Waals surface area contributed by atoms with E-state index < -0.39 is 23.3 Å². The molecule has 5 nitrogen and oxygen atoms in total. The minimum atomic E-state index is -1.23. The highest BCUT2D eigenvalue weighted by Gasteiger charge is 2.77. The number of ether oxygens (including phenoxy) is 2. The average Bonchev–Trinajstić information content (AvgIpc) is 3.72. The lowest BCUT2D eigenvalue weighted by Gasteiger charge is -2.65. The second kappa shape index (κ2) is 9.55. The van der Waals surface area contributed by atoms with Crippen LogP contribution < -0.4 is 9.47 Å². The van der Waals surface area contributed by atoms with Gasteiger partial charge in [-0.05, 0) is 67.8 Å². The zero-order valence-electron chi connectivity index (χ0n) is 23.7. The lowest BCUT2D eigenvalue weighted by molar-refractivity contribution is -0.224. The zero-order chi connectivity index (χ0) is 27.8. The molecule has 1 N–H and O–H groups in total. The fourth-order valence-electron chi connectivity index (χ4n) is 8.73. The van der Waals surface area contributed by atoms with Crippen molar-refractivity contribution in [3.8, 4) is 11.5 Å². The standard InChI is InChI=1S/C35H39FN2O3/c1-37(19-23-8-4-2-5-9-23)27-16-17-34(39)30-18-26-14-15-28(40-22-25-10-6-3-7-11-25)32-31(26)35(34,33(27)41-32)29(36)21-38(30)20-24-12-13-24/h2-11,14-15,24,27,29-30,33,39H,12-13,16-22H2,1H3/t27-,29+,30+,33+,34-,35+/m1/s1. The minimum Gasteiger partial charge on any atom is -0.485 e. The van der Waals surface area contributed by atoms with Crippen molar-refractivity contribution < 1.29 is 19.0 Å². The number of hydrogen-bond acceptors (Lipinski definition) is 5. The van der Waals surface area contributed by atoms with Crippen LogP contribution in [0, 0.1) is 5.92 Å². The maximum Gasteiger partial charge on any atom is 0.166 e. The van der Waals surface area contributed by atoms with Gasteiger partial charge in [0.25, 0.3) is 0 Å². The fourth-order valence-corrected chi connectivity index (χ4v) is 8.73. The number of rotatable bonds is 8. The first-order valence-corrected chi connectivity index (χ1v) is 15.3. The normalized spacial score (nSPS) is 33.4. The van der Waals surface area contributed by atoms with Crippen molar-refractivity contribution >= 4 is 0 Å². The van der Waals surface area contributed by atoms with Gasteiger partial charge in [0, 0.05) is 37.3 Å². The van der Waals surface area contributed by atoms with Crippen molar-refractivity contribution in [1.82, 2.24) is 9.80 Å². The van der Waals surface area contributed by atoms with Gasteiger partial charge in [0.2, 0.25) is 0 Å².